The first kappa shape index (κ1) is 24.4. The largest absolute Gasteiger partial charge is 0.454 e. The van der Waals surface area contributed by atoms with Crippen molar-refractivity contribution in [1.29, 1.82) is 5.26 Å². The van der Waals surface area contributed by atoms with Crippen molar-refractivity contribution < 1.29 is 23.0 Å². The van der Waals surface area contributed by atoms with E-state index in [1.165, 1.54) is 30.3 Å². The van der Waals surface area contributed by atoms with Gasteiger partial charge in [0.2, 0.25) is 6.10 Å². The summed E-state index contributed by atoms with van der Waals surface area (Å²) in [6.07, 6.45) is 0.515. The zero-order chi connectivity index (χ0) is 25.2. The van der Waals surface area contributed by atoms with Crippen molar-refractivity contribution in [2.24, 2.45) is 17.3 Å². The molecule has 3 aromatic rings. The lowest BCUT2D eigenvalue weighted by Crippen LogP contribution is -2.14. The van der Waals surface area contributed by atoms with Gasteiger partial charge in [0.15, 0.2) is 11.6 Å². The van der Waals surface area contributed by atoms with Gasteiger partial charge in [-0.2, -0.15) is 5.26 Å². The summed E-state index contributed by atoms with van der Waals surface area (Å²) in [4.78, 5) is 13.0. The maximum atomic E-state index is 14.3. The smallest absolute Gasteiger partial charge is 0.311 e. The average molecular weight is 494 g/mol. The third kappa shape index (κ3) is 5.36. The number of nitrogens with zero attached hydrogens (tertiary/aromatic N) is 1. The van der Waals surface area contributed by atoms with Crippen molar-refractivity contribution in [3.05, 3.63) is 102 Å². The number of hydrogen-bond acceptors (Lipinski definition) is 4. The van der Waals surface area contributed by atoms with Crippen LogP contribution in [0.1, 0.15) is 31.1 Å². The van der Waals surface area contributed by atoms with Crippen LogP contribution in [0.5, 0.6) is 11.5 Å². The van der Waals surface area contributed by atoms with Gasteiger partial charge in [-0.05, 0) is 53.3 Å². The maximum Gasteiger partial charge on any atom is 0.311 e. The van der Waals surface area contributed by atoms with Crippen LogP contribution >= 0.6 is 11.6 Å². The van der Waals surface area contributed by atoms with Crippen LogP contribution in [0.25, 0.3) is 5.03 Å². The molecule has 3 unspecified atom stereocenters. The summed E-state index contributed by atoms with van der Waals surface area (Å²) >= 11 is 6.40. The van der Waals surface area contributed by atoms with E-state index in [0.717, 1.165) is 0 Å². The SMILES string of the molecule is CC1(C)C(C=C(Cl)c2ccc(F)cc2)C1C(=O)OC(C#N)c1ccc(F)c(Oc2ccccc2)c1. The van der Waals surface area contributed by atoms with Crippen LogP contribution in [-0.4, -0.2) is 5.97 Å². The molecule has 0 saturated heterocycles. The minimum absolute atomic E-state index is 0.0800. The summed E-state index contributed by atoms with van der Waals surface area (Å²) in [5.74, 6) is -1.92. The molecule has 0 heterocycles. The molecule has 1 aliphatic carbocycles. The Morgan fingerprint density at radius 1 is 1.09 bits per heavy atom. The van der Waals surface area contributed by atoms with E-state index >= 15 is 0 Å². The monoisotopic (exact) mass is 493 g/mol. The molecule has 0 N–H and O–H groups in total. The molecule has 0 spiro atoms. The molecule has 1 saturated carbocycles. The first-order chi connectivity index (χ1) is 16.7. The second-order valence-electron chi connectivity index (χ2n) is 8.90. The number of nitriles is 1. The van der Waals surface area contributed by atoms with Crippen molar-refractivity contribution in [3.8, 4) is 17.6 Å². The first-order valence-corrected chi connectivity index (χ1v) is 11.3. The summed E-state index contributed by atoms with van der Waals surface area (Å²) in [6, 6.07) is 20.3. The number of carbonyl (C=O) groups is 1. The number of para-hydroxylation sites is 1. The normalized spacial score (nSPS) is 19.4. The number of hydrogen-bond donors (Lipinski definition) is 0. The van der Waals surface area contributed by atoms with Gasteiger partial charge in [-0.3, -0.25) is 4.79 Å². The molecule has 0 radical (unpaired) electrons. The van der Waals surface area contributed by atoms with Gasteiger partial charge < -0.3 is 9.47 Å². The van der Waals surface area contributed by atoms with E-state index in [2.05, 4.69) is 0 Å². The molecule has 0 amide bonds. The highest BCUT2D eigenvalue weighted by Crippen LogP contribution is 2.60. The molecule has 1 aliphatic rings. The van der Waals surface area contributed by atoms with E-state index < -0.39 is 29.2 Å². The molecular weight excluding hydrogens is 472 g/mol. The Balaban J connectivity index is 1.49. The van der Waals surface area contributed by atoms with Gasteiger partial charge in [0.05, 0.1) is 5.92 Å². The fourth-order valence-electron chi connectivity index (χ4n) is 4.04. The lowest BCUT2D eigenvalue weighted by molar-refractivity contribution is -0.149. The Labute approximate surface area is 207 Å². The zero-order valence-corrected chi connectivity index (χ0v) is 19.8. The van der Waals surface area contributed by atoms with Crippen LogP contribution in [0.3, 0.4) is 0 Å². The van der Waals surface area contributed by atoms with Gasteiger partial charge in [-0.15, -0.1) is 0 Å². The molecule has 0 aromatic heterocycles. The van der Waals surface area contributed by atoms with Crippen LogP contribution in [0.2, 0.25) is 0 Å². The number of allylic oxidation sites excluding steroid dienone is 1. The van der Waals surface area contributed by atoms with E-state index in [0.29, 0.717) is 21.9 Å². The molecule has 178 valence electrons. The van der Waals surface area contributed by atoms with Crippen LogP contribution in [0.4, 0.5) is 8.78 Å². The second-order valence-corrected chi connectivity index (χ2v) is 9.30. The molecular formula is C28H22ClF2NO3. The highest BCUT2D eigenvalue weighted by atomic mass is 35.5. The molecule has 1 fully saturated rings. The maximum absolute atomic E-state index is 14.3. The molecule has 3 aromatic carbocycles. The summed E-state index contributed by atoms with van der Waals surface area (Å²) in [6.45, 7) is 3.81. The van der Waals surface area contributed by atoms with Crippen LogP contribution in [0, 0.1) is 40.2 Å². The molecule has 35 heavy (non-hydrogen) atoms. The Morgan fingerprint density at radius 3 is 2.43 bits per heavy atom. The van der Waals surface area contributed by atoms with Crippen molar-refractivity contribution in [2.45, 2.75) is 20.0 Å². The van der Waals surface area contributed by atoms with Crippen molar-refractivity contribution in [2.75, 3.05) is 0 Å². The predicted octanol–water partition coefficient (Wildman–Crippen LogP) is 7.42. The lowest BCUT2D eigenvalue weighted by atomic mass is 10.1. The van der Waals surface area contributed by atoms with Gasteiger partial charge >= 0.3 is 5.97 Å². The summed E-state index contributed by atoms with van der Waals surface area (Å²) in [7, 11) is 0. The highest BCUT2D eigenvalue weighted by Gasteiger charge is 2.62. The molecule has 7 heteroatoms. The first-order valence-electron chi connectivity index (χ1n) is 11.0. The number of carbonyl (C=O) groups excluding carboxylic acids is 1. The van der Waals surface area contributed by atoms with E-state index in [1.54, 1.807) is 48.5 Å². The third-order valence-corrected chi connectivity index (χ3v) is 6.53. The van der Waals surface area contributed by atoms with E-state index in [-0.39, 0.29) is 17.5 Å². The molecule has 4 nitrogen and oxygen atoms in total. The molecule has 0 bridgehead atoms. The van der Waals surface area contributed by atoms with Gasteiger partial charge in [-0.1, -0.05) is 67.9 Å². The Kier molecular flexibility index (Phi) is 6.90. The number of ether oxygens (including phenoxy) is 2. The third-order valence-electron chi connectivity index (χ3n) is 6.19. The van der Waals surface area contributed by atoms with Crippen molar-refractivity contribution in [3.63, 3.8) is 0 Å². The summed E-state index contributed by atoms with van der Waals surface area (Å²) in [5.41, 5.74) is 0.486. The van der Waals surface area contributed by atoms with Crippen LogP contribution in [-0.2, 0) is 9.53 Å². The van der Waals surface area contributed by atoms with Crippen molar-refractivity contribution >= 4 is 22.6 Å². The van der Waals surface area contributed by atoms with Gasteiger partial charge in [-0.25, -0.2) is 8.78 Å². The van der Waals surface area contributed by atoms with E-state index in [9.17, 15) is 18.8 Å². The summed E-state index contributed by atoms with van der Waals surface area (Å²) < 4.78 is 38.6. The standard InChI is InChI=1S/C28H22ClF2NO3/c1-28(2)21(15-22(29)17-8-11-19(30)12-9-17)26(28)27(33)35-25(16-32)18-10-13-23(31)24(14-18)34-20-6-4-3-5-7-20/h3-15,21,25-26H,1-2H3. The molecule has 3 atom stereocenters. The quantitative estimate of drug-likeness (QED) is 0.321. The highest BCUT2D eigenvalue weighted by molar-refractivity contribution is 6.48. The number of halogens is 3. The minimum Gasteiger partial charge on any atom is -0.454 e. The van der Waals surface area contributed by atoms with Gasteiger partial charge in [0, 0.05) is 10.6 Å². The number of esters is 1. The Bertz CT molecular complexity index is 1300. The summed E-state index contributed by atoms with van der Waals surface area (Å²) in [5, 5.41) is 10.1. The number of benzene rings is 3. The Morgan fingerprint density at radius 2 is 1.77 bits per heavy atom. The zero-order valence-electron chi connectivity index (χ0n) is 19.0. The minimum atomic E-state index is -1.24. The number of rotatable bonds is 7. The molecule has 4 rings (SSSR count). The van der Waals surface area contributed by atoms with E-state index in [1.807, 2.05) is 19.9 Å². The lowest BCUT2D eigenvalue weighted by Gasteiger charge is -2.14. The Hall–Kier alpha value is -3.69. The fourth-order valence-corrected chi connectivity index (χ4v) is 4.30. The van der Waals surface area contributed by atoms with Crippen molar-refractivity contribution in [1.82, 2.24) is 0 Å². The predicted molar refractivity (Wildman–Crippen MR) is 128 cm³/mol. The van der Waals surface area contributed by atoms with E-state index in [4.69, 9.17) is 21.1 Å². The van der Waals surface area contributed by atoms with Gasteiger partial charge in [0.1, 0.15) is 17.6 Å². The fraction of sp³-hybridized carbons (Fsp3) is 0.214. The second kappa shape index (κ2) is 9.89. The van der Waals surface area contributed by atoms with Crippen LogP contribution < -0.4 is 4.74 Å². The molecule has 0 aliphatic heterocycles. The van der Waals surface area contributed by atoms with Gasteiger partial charge in [0.25, 0.3) is 0 Å². The average Bonchev–Trinajstić information content (AvgIpc) is 3.39. The topological polar surface area (TPSA) is 59.3 Å². The van der Waals surface area contributed by atoms with Crippen LogP contribution in [0.15, 0.2) is 78.9 Å².